The number of halogens is 1. The summed E-state index contributed by atoms with van der Waals surface area (Å²) in [7, 11) is -3.69. The summed E-state index contributed by atoms with van der Waals surface area (Å²) in [6, 6.07) is 9.52. The second-order valence-corrected chi connectivity index (χ2v) is 8.25. The molecule has 0 saturated carbocycles. The smallest absolute Gasteiger partial charge is 0.251 e. The van der Waals surface area contributed by atoms with Crippen LogP contribution >= 0.6 is 11.6 Å². The average molecular weight is 423 g/mol. The number of nitrogens with zero attached hydrogens (tertiary/aromatic N) is 4. The lowest BCUT2D eigenvalue weighted by Crippen LogP contribution is -2.32. The van der Waals surface area contributed by atoms with Crippen LogP contribution in [-0.2, 0) is 16.6 Å². The molecule has 0 bridgehead atoms. The summed E-state index contributed by atoms with van der Waals surface area (Å²) in [5.74, 6) is 0.384. The first-order valence-electron chi connectivity index (χ1n) is 8.64. The summed E-state index contributed by atoms with van der Waals surface area (Å²) >= 11 is 6.13. The number of benzene rings is 1. The van der Waals surface area contributed by atoms with E-state index in [1.165, 1.54) is 27.2 Å². The number of rotatable bonds is 7. The van der Waals surface area contributed by atoms with Crippen molar-refractivity contribution in [2.45, 2.75) is 25.3 Å². The molecule has 0 saturated heterocycles. The largest absolute Gasteiger partial charge is 0.419 e. The van der Waals surface area contributed by atoms with Crippen LogP contribution in [0.15, 0.2) is 56.7 Å². The third kappa shape index (κ3) is 4.01. The van der Waals surface area contributed by atoms with Gasteiger partial charge in [-0.1, -0.05) is 37.6 Å². The molecule has 0 radical (unpaired) electrons. The molecule has 8 nitrogen and oxygen atoms in total. The van der Waals surface area contributed by atoms with E-state index in [0.717, 1.165) is 0 Å². The summed E-state index contributed by atoms with van der Waals surface area (Å²) in [6.07, 6.45) is 1.29. The second kappa shape index (κ2) is 8.26. The summed E-state index contributed by atoms with van der Waals surface area (Å²) < 4.78 is 33.5. The van der Waals surface area contributed by atoms with E-state index in [4.69, 9.17) is 16.0 Å². The Balaban J connectivity index is 1.92. The fourth-order valence-corrected chi connectivity index (χ4v) is 4.40. The fourth-order valence-electron chi connectivity index (χ4n) is 2.70. The van der Waals surface area contributed by atoms with Gasteiger partial charge in [0.2, 0.25) is 21.8 Å². The highest BCUT2D eigenvalue weighted by Gasteiger charge is 2.22. The maximum absolute atomic E-state index is 12.7. The van der Waals surface area contributed by atoms with Gasteiger partial charge >= 0.3 is 0 Å². The van der Waals surface area contributed by atoms with Crippen molar-refractivity contribution in [2.75, 3.05) is 13.1 Å². The minimum atomic E-state index is -3.69. The molecule has 1 aromatic carbocycles. The van der Waals surface area contributed by atoms with Crippen LogP contribution in [0.2, 0.25) is 5.02 Å². The highest BCUT2D eigenvalue weighted by molar-refractivity contribution is 7.89. The Labute approximate surface area is 167 Å². The van der Waals surface area contributed by atoms with Crippen LogP contribution < -0.4 is 5.56 Å². The highest BCUT2D eigenvalue weighted by Crippen LogP contribution is 2.26. The number of hydrogen-bond donors (Lipinski definition) is 0. The predicted octanol–water partition coefficient (Wildman–Crippen LogP) is 2.63. The van der Waals surface area contributed by atoms with Crippen LogP contribution in [0.5, 0.6) is 0 Å². The Morgan fingerprint density at radius 1 is 1.11 bits per heavy atom. The van der Waals surface area contributed by atoms with Crippen molar-refractivity contribution in [2.24, 2.45) is 0 Å². The standard InChI is InChI=1S/C18H19ClN4O4S/c1-3-23(4-2)28(25,26)13-9-10-17(24)22(11-13)12-16-20-21-18(27-16)14-7-5-6-8-15(14)19/h5-11H,3-4,12H2,1-2H3. The highest BCUT2D eigenvalue weighted by atomic mass is 35.5. The lowest BCUT2D eigenvalue weighted by molar-refractivity contribution is 0.443. The molecule has 3 rings (SSSR count). The van der Waals surface area contributed by atoms with Gasteiger partial charge in [0.15, 0.2) is 0 Å². The summed E-state index contributed by atoms with van der Waals surface area (Å²) in [5, 5.41) is 8.35. The molecule has 0 N–H and O–H groups in total. The van der Waals surface area contributed by atoms with Crippen molar-refractivity contribution in [3.05, 3.63) is 63.9 Å². The van der Waals surface area contributed by atoms with Crippen LogP contribution in [0.4, 0.5) is 0 Å². The van der Waals surface area contributed by atoms with Gasteiger partial charge in [0, 0.05) is 25.4 Å². The Bertz CT molecular complexity index is 1140. The monoisotopic (exact) mass is 422 g/mol. The first-order valence-corrected chi connectivity index (χ1v) is 10.5. The quantitative estimate of drug-likeness (QED) is 0.580. The number of sulfonamides is 1. The van der Waals surface area contributed by atoms with Crippen molar-refractivity contribution < 1.29 is 12.8 Å². The molecule has 0 aliphatic heterocycles. The van der Waals surface area contributed by atoms with E-state index in [9.17, 15) is 13.2 Å². The van der Waals surface area contributed by atoms with E-state index in [-0.39, 0.29) is 28.8 Å². The van der Waals surface area contributed by atoms with Crippen molar-refractivity contribution in [3.63, 3.8) is 0 Å². The Morgan fingerprint density at radius 2 is 1.82 bits per heavy atom. The third-order valence-electron chi connectivity index (χ3n) is 4.18. The molecule has 2 aromatic heterocycles. The Morgan fingerprint density at radius 3 is 2.50 bits per heavy atom. The van der Waals surface area contributed by atoms with Crippen molar-refractivity contribution >= 4 is 21.6 Å². The lowest BCUT2D eigenvalue weighted by atomic mass is 10.2. The molecule has 0 amide bonds. The van der Waals surface area contributed by atoms with Crippen LogP contribution in [0, 0.1) is 0 Å². The topological polar surface area (TPSA) is 98.3 Å². The van der Waals surface area contributed by atoms with E-state index in [1.807, 2.05) is 0 Å². The number of hydrogen-bond acceptors (Lipinski definition) is 6. The lowest BCUT2D eigenvalue weighted by Gasteiger charge is -2.18. The van der Waals surface area contributed by atoms with Crippen molar-refractivity contribution in [1.29, 1.82) is 0 Å². The van der Waals surface area contributed by atoms with Crippen molar-refractivity contribution in [1.82, 2.24) is 19.1 Å². The average Bonchev–Trinajstić information content (AvgIpc) is 3.13. The Hall–Kier alpha value is -2.49. The van der Waals surface area contributed by atoms with Gasteiger partial charge < -0.3 is 8.98 Å². The predicted molar refractivity (Wildman–Crippen MR) is 105 cm³/mol. The molecule has 3 aromatic rings. The zero-order valence-electron chi connectivity index (χ0n) is 15.4. The maximum Gasteiger partial charge on any atom is 0.251 e. The molecule has 28 heavy (non-hydrogen) atoms. The van der Waals surface area contributed by atoms with Gasteiger partial charge in [-0.05, 0) is 18.2 Å². The molecule has 0 unspecified atom stereocenters. The van der Waals surface area contributed by atoms with Gasteiger partial charge in [0.05, 0.1) is 15.5 Å². The first kappa shape index (κ1) is 20.2. The SMILES string of the molecule is CCN(CC)S(=O)(=O)c1ccc(=O)n(Cc2nnc(-c3ccccc3Cl)o2)c1. The van der Waals surface area contributed by atoms with E-state index in [1.54, 1.807) is 38.1 Å². The normalized spacial score (nSPS) is 11.9. The zero-order chi connectivity index (χ0) is 20.3. The van der Waals surface area contributed by atoms with E-state index < -0.39 is 10.0 Å². The van der Waals surface area contributed by atoms with Gasteiger partial charge in [-0.3, -0.25) is 4.79 Å². The number of aromatic nitrogens is 3. The molecule has 2 heterocycles. The molecule has 0 atom stereocenters. The minimum absolute atomic E-state index is 0.0293. The molecule has 0 aliphatic carbocycles. The molecular weight excluding hydrogens is 404 g/mol. The van der Waals surface area contributed by atoms with E-state index >= 15 is 0 Å². The molecule has 0 aliphatic rings. The van der Waals surface area contributed by atoms with Gasteiger partial charge in [-0.2, -0.15) is 4.31 Å². The third-order valence-corrected chi connectivity index (χ3v) is 6.54. The van der Waals surface area contributed by atoms with Gasteiger partial charge in [-0.25, -0.2) is 8.42 Å². The van der Waals surface area contributed by atoms with Crippen LogP contribution in [0.1, 0.15) is 19.7 Å². The van der Waals surface area contributed by atoms with Crippen LogP contribution in [0.3, 0.4) is 0 Å². The van der Waals surface area contributed by atoms with Crippen LogP contribution in [-0.4, -0.2) is 40.6 Å². The van der Waals surface area contributed by atoms with E-state index in [2.05, 4.69) is 10.2 Å². The maximum atomic E-state index is 12.7. The summed E-state index contributed by atoms with van der Waals surface area (Å²) in [5.41, 5.74) is 0.198. The van der Waals surface area contributed by atoms with Crippen LogP contribution in [0.25, 0.3) is 11.5 Å². The van der Waals surface area contributed by atoms with E-state index in [0.29, 0.717) is 23.7 Å². The Kier molecular flexibility index (Phi) is 5.97. The minimum Gasteiger partial charge on any atom is -0.419 e. The molecule has 10 heteroatoms. The molecule has 0 spiro atoms. The molecule has 148 valence electrons. The van der Waals surface area contributed by atoms with Gasteiger partial charge in [0.1, 0.15) is 6.54 Å². The first-order chi connectivity index (χ1) is 13.4. The number of pyridine rings is 1. The van der Waals surface area contributed by atoms with Gasteiger partial charge in [0.25, 0.3) is 5.56 Å². The summed E-state index contributed by atoms with van der Waals surface area (Å²) in [4.78, 5) is 12.2. The van der Waals surface area contributed by atoms with Gasteiger partial charge in [-0.15, -0.1) is 10.2 Å². The molecule has 0 fully saturated rings. The summed E-state index contributed by atoms with van der Waals surface area (Å²) in [6.45, 7) is 4.13. The fraction of sp³-hybridized carbons (Fsp3) is 0.278. The van der Waals surface area contributed by atoms with Crippen molar-refractivity contribution in [3.8, 4) is 11.5 Å². The second-order valence-electron chi connectivity index (χ2n) is 5.90. The molecular formula is C18H19ClN4O4S. The zero-order valence-corrected chi connectivity index (χ0v) is 16.9.